The number of benzene rings is 1. The maximum atomic E-state index is 13.2. The van der Waals surface area contributed by atoms with Gasteiger partial charge in [-0.15, -0.1) is 0 Å². The van der Waals surface area contributed by atoms with Crippen LogP contribution in [0, 0.1) is 10.1 Å². The second-order valence-electron chi connectivity index (χ2n) is 12.0. The van der Waals surface area contributed by atoms with Crippen molar-refractivity contribution in [3.8, 4) is 0 Å². The first-order valence-electron chi connectivity index (χ1n) is 16.6. The molecule has 1 aromatic rings. The molecule has 1 amide bonds. The van der Waals surface area contributed by atoms with Gasteiger partial charge >= 0.3 is 47.9 Å². The molecule has 0 unspecified atom stereocenters. The number of esters is 7. The number of hydrogen-bond acceptors (Lipinski definition) is 21. The number of carbonyl (C=O) groups is 8. The van der Waals surface area contributed by atoms with Crippen molar-refractivity contribution in [2.45, 2.75) is 110 Å². The van der Waals surface area contributed by atoms with Crippen LogP contribution < -0.4 is 5.32 Å². The molecule has 2 heterocycles. The number of hydrogen-bond donors (Lipinski definition) is 1. The third kappa shape index (κ3) is 13.1. The van der Waals surface area contributed by atoms with Gasteiger partial charge in [0.25, 0.3) is 5.69 Å². The van der Waals surface area contributed by atoms with Crippen molar-refractivity contribution in [2.24, 2.45) is 0 Å². The lowest BCUT2D eigenvalue weighted by molar-refractivity contribution is -0.384. The van der Waals surface area contributed by atoms with Crippen LogP contribution in [0.2, 0.25) is 0 Å². The van der Waals surface area contributed by atoms with E-state index in [0.717, 1.165) is 60.6 Å². The molecule has 2 fully saturated rings. The van der Waals surface area contributed by atoms with E-state index in [0.29, 0.717) is 0 Å². The third-order valence-corrected chi connectivity index (χ3v) is 7.43. The van der Waals surface area contributed by atoms with Gasteiger partial charge in [-0.1, -0.05) is 0 Å². The van der Waals surface area contributed by atoms with Crippen LogP contribution in [0.25, 0.3) is 0 Å². The van der Waals surface area contributed by atoms with Gasteiger partial charge in [0.15, 0.2) is 42.9 Å². The standard InChI is InChI=1S/C33H40N2O21/c1-14(36)46-12-23-25(48-16(3)38)27(49-17(4)39)30(31(53-23)52-20(7)42)55-32-29(51-19(6)41)28(50-18(5)40)26(24(54-32)13-47-15(2)37)56-33(43)34-21-8-10-22(11-9-21)35(44)45/h8-11,23-32H,12-13H2,1-7H3,(H,34,43)/t23-,24-,25+,26-,27-,28+,29+,30-,31+,32+/m1/s1. The highest BCUT2D eigenvalue weighted by Gasteiger charge is 2.58. The Morgan fingerprint density at radius 1 is 0.554 bits per heavy atom. The quantitative estimate of drug-likeness (QED) is 0.118. The Kier molecular flexibility index (Phi) is 16.0. The SMILES string of the molecule is CC(=O)OC[C@H]1O[C@H](OC(C)=O)[C@H](O[C@@H]2O[C@H](COC(C)=O)[C@@H](OC(=O)Nc3ccc([N+](=O)[O-])cc3)[C@H](OC(C)=O)[C@@H]2OC(C)=O)[C@H](OC(C)=O)[C@H]1OC(C)=O. The molecule has 10 atom stereocenters. The topological polar surface area (TPSA) is 293 Å². The zero-order valence-corrected chi connectivity index (χ0v) is 31.0. The Morgan fingerprint density at radius 2 is 0.964 bits per heavy atom. The first-order valence-corrected chi connectivity index (χ1v) is 16.6. The fourth-order valence-electron chi connectivity index (χ4n) is 5.47. The second kappa shape index (κ2) is 20.1. The van der Waals surface area contributed by atoms with Gasteiger partial charge in [-0.05, 0) is 12.1 Å². The monoisotopic (exact) mass is 800 g/mol. The van der Waals surface area contributed by atoms with Crippen LogP contribution >= 0.6 is 0 Å². The molecule has 0 spiro atoms. The highest BCUT2D eigenvalue weighted by Crippen LogP contribution is 2.36. The molecule has 23 heteroatoms. The number of rotatable bonds is 14. The lowest BCUT2D eigenvalue weighted by atomic mass is 9.96. The van der Waals surface area contributed by atoms with Gasteiger partial charge in [0.05, 0.1) is 4.92 Å². The number of nitro benzene ring substituents is 1. The minimum Gasteiger partial charge on any atom is -0.463 e. The molecule has 0 bridgehead atoms. The number of ether oxygens (including phenoxy) is 11. The van der Waals surface area contributed by atoms with Crippen molar-refractivity contribution in [3.63, 3.8) is 0 Å². The summed E-state index contributed by atoms with van der Waals surface area (Å²) in [6.07, 6.45) is -18.9. The van der Waals surface area contributed by atoms with E-state index in [2.05, 4.69) is 5.32 Å². The zero-order chi connectivity index (χ0) is 41.9. The number of carbonyl (C=O) groups excluding carboxylic acids is 8. The largest absolute Gasteiger partial charge is 0.463 e. The molecular formula is C33H40N2O21. The summed E-state index contributed by atoms with van der Waals surface area (Å²) in [5, 5.41) is 13.4. The average Bonchev–Trinajstić information content (AvgIpc) is 3.07. The molecule has 0 radical (unpaired) electrons. The molecule has 3 rings (SSSR count). The molecule has 23 nitrogen and oxygen atoms in total. The Morgan fingerprint density at radius 3 is 1.41 bits per heavy atom. The first-order chi connectivity index (χ1) is 26.2. The Balaban J connectivity index is 2.12. The van der Waals surface area contributed by atoms with Crippen LogP contribution in [0.5, 0.6) is 0 Å². The number of amides is 1. The van der Waals surface area contributed by atoms with Crippen LogP contribution in [0.1, 0.15) is 48.5 Å². The first kappa shape index (κ1) is 44.5. The summed E-state index contributed by atoms with van der Waals surface area (Å²) in [5.41, 5.74) is -0.263. The molecule has 2 saturated heterocycles. The van der Waals surface area contributed by atoms with E-state index in [1.165, 1.54) is 12.1 Å². The Hall–Kier alpha value is -5.94. The molecule has 0 aromatic heterocycles. The van der Waals surface area contributed by atoms with Gasteiger partial charge in [-0.25, -0.2) is 4.79 Å². The lowest BCUT2D eigenvalue weighted by Gasteiger charge is -2.48. The van der Waals surface area contributed by atoms with E-state index >= 15 is 0 Å². The highest BCUT2D eigenvalue weighted by atomic mass is 16.8. The third-order valence-electron chi connectivity index (χ3n) is 7.43. The normalized spacial score (nSPS) is 26.9. The van der Waals surface area contributed by atoms with Crippen LogP contribution in [0.15, 0.2) is 24.3 Å². The summed E-state index contributed by atoms with van der Waals surface area (Å²) in [6, 6.07) is 4.56. The predicted molar refractivity (Wildman–Crippen MR) is 176 cm³/mol. The molecule has 0 aliphatic carbocycles. The maximum Gasteiger partial charge on any atom is 0.412 e. The molecule has 1 aromatic carbocycles. The predicted octanol–water partition coefficient (Wildman–Crippen LogP) is 0.763. The van der Waals surface area contributed by atoms with Crippen molar-refractivity contribution in [1.29, 1.82) is 0 Å². The van der Waals surface area contributed by atoms with Crippen molar-refractivity contribution >= 4 is 59.3 Å². The van der Waals surface area contributed by atoms with E-state index < -0.39 is 127 Å². The van der Waals surface area contributed by atoms with E-state index in [9.17, 15) is 48.5 Å². The summed E-state index contributed by atoms with van der Waals surface area (Å²) in [4.78, 5) is 109. The average molecular weight is 801 g/mol. The van der Waals surface area contributed by atoms with Gasteiger partial charge in [0.2, 0.25) is 6.29 Å². The van der Waals surface area contributed by atoms with Crippen molar-refractivity contribution in [2.75, 3.05) is 18.5 Å². The molecule has 2 aliphatic heterocycles. The number of anilines is 1. The zero-order valence-electron chi connectivity index (χ0n) is 31.0. The Labute approximate surface area is 317 Å². The van der Waals surface area contributed by atoms with Crippen molar-refractivity contribution < 1.29 is 95.4 Å². The summed E-state index contributed by atoms with van der Waals surface area (Å²) in [7, 11) is 0. The summed E-state index contributed by atoms with van der Waals surface area (Å²) in [5.74, 6) is -6.54. The summed E-state index contributed by atoms with van der Waals surface area (Å²) >= 11 is 0. The fraction of sp³-hybridized carbons (Fsp3) is 0.576. The van der Waals surface area contributed by atoms with Crippen LogP contribution in [-0.4, -0.2) is 127 Å². The molecule has 1 N–H and O–H groups in total. The number of nitro groups is 1. The van der Waals surface area contributed by atoms with Gasteiger partial charge in [0.1, 0.15) is 25.4 Å². The maximum absolute atomic E-state index is 13.2. The minimum absolute atomic E-state index is 0.0234. The molecule has 0 saturated carbocycles. The second-order valence-corrected chi connectivity index (χ2v) is 12.0. The van der Waals surface area contributed by atoms with E-state index in [1.54, 1.807) is 0 Å². The molecular weight excluding hydrogens is 760 g/mol. The van der Waals surface area contributed by atoms with Gasteiger partial charge in [-0.2, -0.15) is 0 Å². The van der Waals surface area contributed by atoms with Crippen molar-refractivity contribution in [1.82, 2.24) is 0 Å². The van der Waals surface area contributed by atoms with Crippen LogP contribution in [0.3, 0.4) is 0 Å². The molecule has 56 heavy (non-hydrogen) atoms. The van der Waals surface area contributed by atoms with Crippen LogP contribution in [0.4, 0.5) is 16.2 Å². The smallest absolute Gasteiger partial charge is 0.412 e. The summed E-state index contributed by atoms with van der Waals surface area (Å²) < 4.78 is 60.9. The Bertz CT molecular complexity index is 1650. The summed E-state index contributed by atoms with van der Waals surface area (Å²) in [6.45, 7) is 5.65. The molecule has 308 valence electrons. The van der Waals surface area contributed by atoms with E-state index in [1.807, 2.05) is 0 Å². The fourth-order valence-corrected chi connectivity index (χ4v) is 5.47. The lowest BCUT2D eigenvalue weighted by Crippen LogP contribution is -2.67. The molecule has 2 aliphatic rings. The number of nitrogens with zero attached hydrogens (tertiary/aromatic N) is 1. The van der Waals surface area contributed by atoms with Crippen molar-refractivity contribution in [3.05, 3.63) is 34.4 Å². The number of non-ortho nitro benzene ring substituents is 1. The van der Waals surface area contributed by atoms with E-state index in [4.69, 9.17) is 52.1 Å². The van der Waals surface area contributed by atoms with Gasteiger partial charge in [-0.3, -0.25) is 49.0 Å². The highest BCUT2D eigenvalue weighted by molar-refractivity contribution is 5.85. The van der Waals surface area contributed by atoms with Gasteiger partial charge < -0.3 is 52.1 Å². The van der Waals surface area contributed by atoms with Crippen LogP contribution in [-0.2, 0) is 85.7 Å². The van der Waals surface area contributed by atoms with Gasteiger partial charge in [0, 0.05) is 66.3 Å². The minimum atomic E-state index is -1.98. The number of nitrogens with one attached hydrogen (secondary N) is 1. The van der Waals surface area contributed by atoms with E-state index in [-0.39, 0.29) is 11.4 Å².